The Bertz CT molecular complexity index is 640. The maximum absolute atomic E-state index is 11.3. The molecule has 0 spiro atoms. The molecule has 2 rings (SSSR count). The van der Waals surface area contributed by atoms with Crippen LogP contribution in [0.25, 0.3) is 0 Å². The van der Waals surface area contributed by atoms with Crippen molar-refractivity contribution in [2.75, 3.05) is 23.8 Å². The molecule has 0 bridgehead atoms. The van der Waals surface area contributed by atoms with Gasteiger partial charge in [0.15, 0.2) is 0 Å². The number of hydrogen-bond acceptors (Lipinski definition) is 7. The second kappa shape index (κ2) is 6.21. The highest BCUT2D eigenvalue weighted by Crippen LogP contribution is 2.31. The van der Waals surface area contributed by atoms with Gasteiger partial charge >= 0.3 is 5.69 Å². The minimum atomic E-state index is -0.475. The van der Waals surface area contributed by atoms with Crippen LogP contribution in [0.3, 0.4) is 0 Å². The summed E-state index contributed by atoms with van der Waals surface area (Å²) >= 11 is 0. The molecule has 2 heterocycles. The maximum Gasteiger partial charge on any atom is 0.353 e. The van der Waals surface area contributed by atoms with Gasteiger partial charge in [-0.3, -0.25) is 10.1 Å². The Labute approximate surface area is 122 Å². The van der Waals surface area contributed by atoms with E-state index >= 15 is 0 Å². The predicted molar refractivity (Wildman–Crippen MR) is 78.4 cm³/mol. The standard InChI is InChI=1S/C13H17N5O3/c1-4-14-12-11(18(19)20)13(16-8-15-12)17(3)7-10-6-5-9(2)21-10/h5-6,8H,4,7H2,1-3H3,(H,14,15,16). The molecule has 0 aromatic carbocycles. The zero-order valence-corrected chi connectivity index (χ0v) is 12.2. The van der Waals surface area contributed by atoms with Crippen molar-refractivity contribution in [2.24, 2.45) is 0 Å². The SMILES string of the molecule is CCNc1ncnc(N(C)Cc2ccc(C)o2)c1[N+](=O)[O-]. The number of aromatic nitrogens is 2. The van der Waals surface area contributed by atoms with Crippen LogP contribution in [-0.4, -0.2) is 28.5 Å². The number of aryl methyl sites for hydroxylation is 1. The van der Waals surface area contributed by atoms with E-state index in [1.54, 1.807) is 11.9 Å². The van der Waals surface area contributed by atoms with Gasteiger partial charge in [-0.05, 0) is 26.0 Å². The van der Waals surface area contributed by atoms with E-state index in [2.05, 4.69) is 15.3 Å². The highest BCUT2D eigenvalue weighted by molar-refractivity contribution is 5.69. The van der Waals surface area contributed by atoms with Crippen LogP contribution in [-0.2, 0) is 6.54 Å². The lowest BCUT2D eigenvalue weighted by Crippen LogP contribution is -2.20. The van der Waals surface area contributed by atoms with Gasteiger partial charge in [0, 0.05) is 13.6 Å². The van der Waals surface area contributed by atoms with Crippen molar-refractivity contribution >= 4 is 17.3 Å². The summed E-state index contributed by atoms with van der Waals surface area (Å²) in [4.78, 5) is 20.5. The average Bonchev–Trinajstić information content (AvgIpc) is 2.84. The summed E-state index contributed by atoms with van der Waals surface area (Å²) < 4.78 is 5.48. The predicted octanol–water partition coefficient (Wildman–Crippen LogP) is 2.35. The molecule has 0 unspecified atom stereocenters. The average molecular weight is 291 g/mol. The molecule has 8 heteroatoms. The van der Waals surface area contributed by atoms with Crippen LogP contribution < -0.4 is 10.2 Å². The number of anilines is 2. The van der Waals surface area contributed by atoms with Crippen LogP contribution in [0.2, 0.25) is 0 Å². The van der Waals surface area contributed by atoms with Crippen LogP contribution >= 0.6 is 0 Å². The van der Waals surface area contributed by atoms with Crippen LogP contribution in [0.5, 0.6) is 0 Å². The molecule has 1 N–H and O–H groups in total. The van der Waals surface area contributed by atoms with E-state index in [4.69, 9.17) is 4.42 Å². The van der Waals surface area contributed by atoms with E-state index in [9.17, 15) is 10.1 Å². The number of nitrogens with zero attached hydrogens (tertiary/aromatic N) is 4. The van der Waals surface area contributed by atoms with Crippen molar-refractivity contribution in [3.63, 3.8) is 0 Å². The smallest absolute Gasteiger partial charge is 0.353 e. The highest BCUT2D eigenvalue weighted by Gasteiger charge is 2.25. The van der Waals surface area contributed by atoms with E-state index in [-0.39, 0.29) is 17.3 Å². The van der Waals surface area contributed by atoms with E-state index in [1.807, 2.05) is 26.0 Å². The van der Waals surface area contributed by atoms with Gasteiger partial charge < -0.3 is 14.6 Å². The summed E-state index contributed by atoms with van der Waals surface area (Å²) in [7, 11) is 1.73. The molecule has 0 aliphatic carbocycles. The highest BCUT2D eigenvalue weighted by atomic mass is 16.6. The minimum absolute atomic E-state index is 0.134. The molecule has 8 nitrogen and oxygen atoms in total. The van der Waals surface area contributed by atoms with Gasteiger partial charge in [-0.1, -0.05) is 0 Å². The number of nitrogens with one attached hydrogen (secondary N) is 1. The van der Waals surface area contributed by atoms with Crippen molar-refractivity contribution in [3.05, 3.63) is 40.1 Å². The van der Waals surface area contributed by atoms with Crippen LogP contribution in [0.15, 0.2) is 22.9 Å². The Balaban J connectivity index is 2.33. The maximum atomic E-state index is 11.3. The second-order valence-corrected chi connectivity index (χ2v) is 4.55. The molecule has 2 aromatic rings. The number of furan rings is 1. The first-order valence-electron chi connectivity index (χ1n) is 6.52. The zero-order chi connectivity index (χ0) is 15.4. The van der Waals surface area contributed by atoms with E-state index in [0.717, 1.165) is 5.76 Å². The fourth-order valence-electron chi connectivity index (χ4n) is 1.99. The molecule has 0 atom stereocenters. The second-order valence-electron chi connectivity index (χ2n) is 4.55. The lowest BCUT2D eigenvalue weighted by atomic mass is 10.3. The molecule has 112 valence electrons. The summed E-state index contributed by atoms with van der Waals surface area (Å²) in [6.07, 6.45) is 1.31. The number of hydrogen-bond donors (Lipinski definition) is 1. The van der Waals surface area contributed by atoms with Gasteiger partial charge in [-0.25, -0.2) is 9.97 Å². The van der Waals surface area contributed by atoms with E-state index < -0.39 is 4.92 Å². The first kappa shape index (κ1) is 14.8. The summed E-state index contributed by atoms with van der Waals surface area (Å²) in [5.74, 6) is 1.98. The lowest BCUT2D eigenvalue weighted by molar-refractivity contribution is -0.383. The molecule has 0 amide bonds. The van der Waals surface area contributed by atoms with Gasteiger partial charge in [0.05, 0.1) is 11.5 Å². The monoisotopic (exact) mass is 291 g/mol. The zero-order valence-electron chi connectivity index (χ0n) is 12.2. The summed E-state index contributed by atoms with van der Waals surface area (Å²) in [6, 6.07) is 3.69. The van der Waals surface area contributed by atoms with Crippen molar-refractivity contribution in [1.29, 1.82) is 0 Å². The van der Waals surface area contributed by atoms with Crippen LogP contribution in [0, 0.1) is 17.0 Å². The molecule has 2 aromatic heterocycles. The Kier molecular flexibility index (Phi) is 4.36. The van der Waals surface area contributed by atoms with Crippen molar-refractivity contribution in [1.82, 2.24) is 9.97 Å². The van der Waals surface area contributed by atoms with Crippen LogP contribution in [0.4, 0.5) is 17.3 Å². The summed E-state index contributed by atoms with van der Waals surface area (Å²) in [5.41, 5.74) is -0.134. The third-order valence-electron chi connectivity index (χ3n) is 2.88. The van der Waals surface area contributed by atoms with Crippen molar-refractivity contribution < 1.29 is 9.34 Å². The number of rotatable bonds is 6. The van der Waals surface area contributed by atoms with Gasteiger partial charge in [-0.15, -0.1) is 0 Å². The normalized spacial score (nSPS) is 10.4. The third-order valence-corrected chi connectivity index (χ3v) is 2.88. The summed E-state index contributed by atoms with van der Waals surface area (Å²) in [5, 5.41) is 14.2. The molecule has 0 fully saturated rings. The van der Waals surface area contributed by atoms with E-state index in [0.29, 0.717) is 18.8 Å². The topological polar surface area (TPSA) is 97.3 Å². The Morgan fingerprint density at radius 3 is 2.76 bits per heavy atom. The van der Waals surface area contributed by atoms with Crippen molar-refractivity contribution in [2.45, 2.75) is 20.4 Å². The molecule has 0 saturated heterocycles. The molecular weight excluding hydrogens is 274 g/mol. The van der Waals surface area contributed by atoms with Crippen LogP contribution in [0.1, 0.15) is 18.4 Å². The summed E-state index contributed by atoms with van der Waals surface area (Å²) in [6.45, 7) is 4.62. The van der Waals surface area contributed by atoms with Gasteiger partial charge in [0.25, 0.3) is 0 Å². The number of nitro groups is 1. The lowest BCUT2D eigenvalue weighted by Gasteiger charge is -2.17. The fraction of sp³-hybridized carbons (Fsp3) is 0.385. The van der Waals surface area contributed by atoms with E-state index in [1.165, 1.54) is 6.33 Å². The first-order valence-corrected chi connectivity index (χ1v) is 6.52. The Morgan fingerprint density at radius 1 is 1.43 bits per heavy atom. The van der Waals surface area contributed by atoms with Gasteiger partial charge in [-0.2, -0.15) is 0 Å². The largest absolute Gasteiger partial charge is 0.464 e. The first-order chi connectivity index (χ1) is 10.0. The van der Waals surface area contributed by atoms with Gasteiger partial charge in [0.1, 0.15) is 17.8 Å². The Morgan fingerprint density at radius 2 is 2.19 bits per heavy atom. The molecule has 0 aliphatic heterocycles. The molecule has 0 radical (unpaired) electrons. The molecular formula is C13H17N5O3. The molecule has 0 aliphatic rings. The molecule has 21 heavy (non-hydrogen) atoms. The molecule has 0 saturated carbocycles. The van der Waals surface area contributed by atoms with Gasteiger partial charge in [0.2, 0.25) is 11.6 Å². The quantitative estimate of drug-likeness (QED) is 0.644. The Hall–Kier alpha value is -2.64. The fourth-order valence-corrected chi connectivity index (χ4v) is 1.99. The van der Waals surface area contributed by atoms with Crippen molar-refractivity contribution in [3.8, 4) is 0 Å². The third kappa shape index (κ3) is 3.28. The minimum Gasteiger partial charge on any atom is -0.464 e.